The molecule has 0 aliphatic carbocycles. The van der Waals surface area contributed by atoms with Crippen molar-refractivity contribution in [3.8, 4) is 11.5 Å². The summed E-state index contributed by atoms with van der Waals surface area (Å²) in [6.45, 7) is 5.25. The number of piperazine rings is 1. The maximum absolute atomic E-state index is 9.44. The first kappa shape index (κ1) is 11.6. The molecule has 0 aromatic heterocycles. The molecule has 1 aromatic carbocycles. The van der Waals surface area contributed by atoms with Gasteiger partial charge >= 0.3 is 0 Å². The third-order valence-electron chi connectivity index (χ3n) is 3.40. The summed E-state index contributed by atoms with van der Waals surface area (Å²) in [6.07, 6.45) is -0.867. The zero-order valence-electron chi connectivity index (χ0n) is 10.4. The van der Waals surface area contributed by atoms with Crippen LogP contribution in [0.4, 0.5) is 5.69 Å². The van der Waals surface area contributed by atoms with Gasteiger partial charge in [0.15, 0.2) is 18.1 Å². The Labute approximate surface area is 106 Å². The Morgan fingerprint density at radius 1 is 1.44 bits per heavy atom. The Morgan fingerprint density at radius 3 is 3.17 bits per heavy atom. The molecular weight excluding hydrogens is 232 g/mol. The second-order valence-electron chi connectivity index (χ2n) is 4.73. The lowest BCUT2D eigenvalue weighted by atomic mass is 10.1. The van der Waals surface area contributed by atoms with Crippen molar-refractivity contribution in [2.75, 3.05) is 31.1 Å². The fourth-order valence-corrected chi connectivity index (χ4v) is 2.50. The quantitative estimate of drug-likeness (QED) is 0.763. The van der Waals surface area contributed by atoms with Crippen molar-refractivity contribution in [3.05, 3.63) is 18.2 Å². The lowest BCUT2D eigenvalue weighted by molar-refractivity contribution is -0.0667. The van der Waals surface area contributed by atoms with Crippen LogP contribution in [-0.2, 0) is 0 Å². The lowest BCUT2D eigenvalue weighted by Crippen LogP contribution is -2.50. The van der Waals surface area contributed by atoms with Crippen LogP contribution < -0.4 is 19.7 Å². The van der Waals surface area contributed by atoms with Gasteiger partial charge in [-0.15, -0.1) is 0 Å². The summed E-state index contributed by atoms with van der Waals surface area (Å²) >= 11 is 0. The fraction of sp³-hybridized carbons (Fsp3) is 0.538. The van der Waals surface area contributed by atoms with Gasteiger partial charge < -0.3 is 24.8 Å². The van der Waals surface area contributed by atoms with E-state index in [4.69, 9.17) is 9.47 Å². The maximum atomic E-state index is 9.44. The van der Waals surface area contributed by atoms with E-state index < -0.39 is 6.29 Å². The monoisotopic (exact) mass is 250 g/mol. The average molecular weight is 250 g/mol. The summed E-state index contributed by atoms with van der Waals surface area (Å²) in [4.78, 5) is 2.32. The van der Waals surface area contributed by atoms with Crippen molar-refractivity contribution in [1.82, 2.24) is 5.32 Å². The Balaban J connectivity index is 1.94. The third kappa shape index (κ3) is 2.00. The van der Waals surface area contributed by atoms with Gasteiger partial charge in [0.05, 0.1) is 5.69 Å². The van der Waals surface area contributed by atoms with Gasteiger partial charge in [-0.05, 0) is 19.1 Å². The molecule has 1 saturated heterocycles. The van der Waals surface area contributed by atoms with Crippen LogP contribution in [-0.4, -0.2) is 43.7 Å². The van der Waals surface area contributed by atoms with Crippen LogP contribution in [0.3, 0.4) is 0 Å². The summed E-state index contributed by atoms with van der Waals surface area (Å²) in [5.74, 6) is 1.37. The van der Waals surface area contributed by atoms with E-state index in [9.17, 15) is 5.11 Å². The minimum absolute atomic E-state index is 0.185. The molecule has 0 bridgehead atoms. The summed E-state index contributed by atoms with van der Waals surface area (Å²) in [7, 11) is 0. The molecule has 2 aliphatic heterocycles. The number of benzene rings is 1. The second-order valence-corrected chi connectivity index (χ2v) is 4.73. The van der Waals surface area contributed by atoms with Gasteiger partial charge in [-0.2, -0.15) is 0 Å². The second kappa shape index (κ2) is 4.66. The molecule has 0 spiro atoms. The first-order chi connectivity index (χ1) is 8.75. The molecule has 0 saturated carbocycles. The van der Waals surface area contributed by atoms with Gasteiger partial charge in [-0.1, -0.05) is 6.07 Å². The smallest absolute Gasteiger partial charge is 0.232 e. The van der Waals surface area contributed by atoms with Crippen molar-refractivity contribution < 1.29 is 14.6 Å². The minimum atomic E-state index is -0.867. The zero-order valence-corrected chi connectivity index (χ0v) is 10.4. The van der Waals surface area contributed by atoms with E-state index in [1.165, 1.54) is 0 Å². The number of aliphatic hydroxyl groups excluding tert-OH is 1. The summed E-state index contributed by atoms with van der Waals surface area (Å²) in [6, 6.07) is 6.22. The molecule has 5 nitrogen and oxygen atoms in total. The molecule has 3 rings (SSSR count). The number of hydrogen-bond donors (Lipinski definition) is 2. The number of nitrogens with zero attached hydrogens (tertiary/aromatic N) is 1. The van der Waals surface area contributed by atoms with E-state index in [0.29, 0.717) is 11.8 Å². The van der Waals surface area contributed by atoms with E-state index in [2.05, 4.69) is 17.1 Å². The van der Waals surface area contributed by atoms with Gasteiger partial charge in [0.1, 0.15) is 0 Å². The Kier molecular flexibility index (Phi) is 3.01. The summed E-state index contributed by atoms with van der Waals surface area (Å²) in [5.41, 5.74) is 1.05. The van der Waals surface area contributed by atoms with Crippen LogP contribution in [0.25, 0.3) is 0 Å². The van der Waals surface area contributed by atoms with E-state index in [1.54, 1.807) is 0 Å². The van der Waals surface area contributed by atoms with Crippen LogP contribution in [0, 0.1) is 0 Å². The van der Waals surface area contributed by atoms with Crippen LogP contribution in [0.15, 0.2) is 18.2 Å². The predicted octanol–water partition coefficient (Wildman–Crippen LogP) is 0.574. The number of anilines is 1. The molecule has 0 radical (unpaired) electrons. The number of nitrogens with one attached hydrogen (secondary N) is 1. The lowest BCUT2D eigenvalue weighted by Gasteiger charge is -2.37. The number of para-hydroxylation sites is 1. The molecule has 1 aromatic rings. The normalized spacial score (nSPS) is 27.1. The molecule has 2 N–H and O–H groups in total. The SMILES string of the molecule is CC1CNCCN1c1cccc2c1OCC(O)O2. The number of hydrogen-bond acceptors (Lipinski definition) is 5. The van der Waals surface area contributed by atoms with Gasteiger partial charge in [-0.3, -0.25) is 0 Å². The Bertz CT molecular complexity index is 438. The van der Waals surface area contributed by atoms with Gasteiger partial charge in [-0.25, -0.2) is 0 Å². The fourth-order valence-electron chi connectivity index (χ4n) is 2.50. The molecular formula is C13H18N2O3. The highest BCUT2D eigenvalue weighted by Crippen LogP contribution is 2.41. The first-order valence-electron chi connectivity index (χ1n) is 6.33. The summed E-state index contributed by atoms with van der Waals surface area (Å²) in [5, 5.41) is 12.8. The molecule has 2 heterocycles. The van der Waals surface area contributed by atoms with Crippen LogP contribution in [0.1, 0.15) is 6.92 Å². The van der Waals surface area contributed by atoms with E-state index in [1.807, 2.05) is 18.2 Å². The van der Waals surface area contributed by atoms with Crippen molar-refractivity contribution in [3.63, 3.8) is 0 Å². The average Bonchev–Trinajstić information content (AvgIpc) is 2.38. The highest BCUT2D eigenvalue weighted by atomic mass is 16.7. The van der Waals surface area contributed by atoms with Crippen LogP contribution in [0.5, 0.6) is 11.5 Å². The van der Waals surface area contributed by atoms with Gasteiger partial charge in [0, 0.05) is 25.7 Å². The highest BCUT2D eigenvalue weighted by molar-refractivity contribution is 5.66. The van der Waals surface area contributed by atoms with Crippen molar-refractivity contribution in [2.45, 2.75) is 19.3 Å². The van der Waals surface area contributed by atoms with Gasteiger partial charge in [0.25, 0.3) is 0 Å². The predicted molar refractivity (Wildman–Crippen MR) is 68.2 cm³/mol. The largest absolute Gasteiger partial charge is 0.481 e. The molecule has 98 valence electrons. The Morgan fingerprint density at radius 2 is 2.33 bits per heavy atom. The Hall–Kier alpha value is -1.46. The number of aliphatic hydroxyl groups is 1. The van der Waals surface area contributed by atoms with Crippen LogP contribution in [0.2, 0.25) is 0 Å². The van der Waals surface area contributed by atoms with E-state index in [0.717, 1.165) is 31.1 Å². The minimum Gasteiger partial charge on any atom is -0.481 e. The third-order valence-corrected chi connectivity index (χ3v) is 3.40. The molecule has 2 atom stereocenters. The number of ether oxygens (including phenoxy) is 2. The molecule has 5 heteroatoms. The summed E-state index contributed by atoms with van der Waals surface area (Å²) < 4.78 is 11.0. The molecule has 0 amide bonds. The van der Waals surface area contributed by atoms with Crippen molar-refractivity contribution in [2.24, 2.45) is 0 Å². The van der Waals surface area contributed by atoms with E-state index in [-0.39, 0.29) is 6.61 Å². The molecule has 2 unspecified atom stereocenters. The molecule has 2 aliphatic rings. The number of fused-ring (bicyclic) bond motifs is 1. The molecule has 18 heavy (non-hydrogen) atoms. The van der Waals surface area contributed by atoms with Gasteiger partial charge in [0.2, 0.25) is 6.29 Å². The van der Waals surface area contributed by atoms with Crippen molar-refractivity contribution >= 4 is 5.69 Å². The topological polar surface area (TPSA) is 54.0 Å². The van der Waals surface area contributed by atoms with E-state index >= 15 is 0 Å². The van der Waals surface area contributed by atoms with Crippen LogP contribution >= 0.6 is 0 Å². The molecule has 1 fully saturated rings. The standard InChI is InChI=1S/C13H18N2O3/c1-9-7-14-5-6-15(9)10-3-2-4-11-13(10)17-8-12(16)18-11/h2-4,9,12,14,16H,5-8H2,1H3. The first-order valence-corrected chi connectivity index (χ1v) is 6.33. The zero-order chi connectivity index (χ0) is 12.5. The number of rotatable bonds is 1. The maximum Gasteiger partial charge on any atom is 0.232 e. The highest BCUT2D eigenvalue weighted by Gasteiger charge is 2.27. The van der Waals surface area contributed by atoms with Crippen molar-refractivity contribution in [1.29, 1.82) is 0 Å².